The fraction of sp³-hybridized carbons (Fsp3) is 0.429. The molecule has 0 fully saturated rings. The van der Waals surface area contributed by atoms with Crippen LogP contribution in [0.4, 0.5) is 17.1 Å². The molecule has 31 heavy (non-hydrogen) atoms. The van der Waals surface area contributed by atoms with Crippen LogP contribution in [0.3, 0.4) is 0 Å². The van der Waals surface area contributed by atoms with Crippen LogP contribution in [0.1, 0.15) is 50.7 Å². The number of aromatic hydroxyl groups is 1. The number of unbranched alkanes of at least 4 members (excludes halogenated alkanes) is 1. The molecule has 1 atom stereocenters. The van der Waals surface area contributed by atoms with E-state index < -0.39 is 10.5 Å². The summed E-state index contributed by atoms with van der Waals surface area (Å²) < 4.78 is 1.18. The van der Waals surface area contributed by atoms with E-state index in [1.807, 2.05) is 6.92 Å². The summed E-state index contributed by atoms with van der Waals surface area (Å²) in [4.78, 5) is 23.7. The van der Waals surface area contributed by atoms with Gasteiger partial charge in [0.2, 0.25) is 5.88 Å². The first-order chi connectivity index (χ1) is 14.7. The zero-order valence-electron chi connectivity index (χ0n) is 17.7. The second kappa shape index (κ2) is 10.7. The third-order valence-electron chi connectivity index (χ3n) is 5.16. The van der Waals surface area contributed by atoms with Crippen LogP contribution in [0.5, 0.6) is 5.88 Å². The highest BCUT2D eigenvalue weighted by Gasteiger charge is 2.23. The first-order valence-electron chi connectivity index (χ1n) is 9.99. The second-order valence-electron chi connectivity index (χ2n) is 7.22. The predicted molar refractivity (Wildman–Crippen MR) is 117 cm³/mol. The van der Waals surface area contributed by atoms with Crippen LogP contribution in [0, 0.1) is 29.0 Å². The fourth-order valence-electron chi connectivity index (χ4n) is 3.25. The van der Waals surface area contributed by atoms with Gasteiger partial charge in [0.15, 0.2) is 16.9 Å². The largest absolute Gasteiger partial charge is 0.493 e. The fourth-order valence-corrected chi connectivity index (χ4v) is 3.42. The number of azo groups is 1. The Morgan fingerprint density at radius 2 is 2.06 bits per heavy atom. The Kier molecular flexibility index (Phi) is 8.28. The monoisotopic (exact) mass is 446 g/mol. The van der Waals surface area contributed by atoms with E-state index in [9.17, 15) is 20.0 Å². The minimum Gasteiger partial charge on any atom is -0.493 e. The van der Waals surface area contributed by atoms with Crippen LogP contribution in [0.2, 0.25) is 5.02 Å². The molecule has 0 radical (unpaired) electrons. The minimum atomic E-state index is -0.640. The number of benzene rings is 1. The molecule has 0 amide bonds. The average Bonchev–Trinajstić information content (AvgIpc) is 2.74. The summed E-state index contributed by atoms with van der Waals surface area (Å²) in [6, 6.07) is 6.07. The molecule has 2 N–H and O–H groups in total. The van der Waals surface area contributed by atoms with E-state index in [1.165, 1.54) is 23.6 Å². The number of nitro benzene ring substituents is 1. The smallest absolute Gasteiger partial charge is 0.314 e. The lowest BCUT2D eigenvalue weighted by atomic mass is 9.99. The molecule has 0 saturated carbocycles. The molecule has 1 unspecified atom stereocenters. The second-order valence-corrected chi connectivity index (χ2v) is 7.66. The van der Waals surface area contributed by atoms with Gasteiger partial charge >= 0.3 is 6.07 Å². The first-order valence-corrected chi connectivity index (χ1v) is 10.4. The van der Waals surface area contributed by atoms with Crippen molar-refractivity contribution in [1.82, 2.24) is 4.57 Å². The van der Waals surface area contributed by atoms with Crippen LogP contribution >= 0.6 is 11.6 Å². The van der Waals surface area contributed by atoms with Crippen LogP contribution < -0.4 is 10.8 Å². The standard InChI is InChI=1S/C21H24ClN5O4/c1-4-6-7-14(5-2)12-26-20(28)16(11-23)13(3)19(21(26)29)25-24-17-9-8-15(22)10-18(17)27(30)31/h8-10,14,28H,4-7,12H2,1-3H3/p+1. The highest BCUT2D eigenvalue weighted by atomic mass is 35.5. The highest BCUT2D eigenvalue weighted by Crippen LogP contribution is 2.33. The topological polar surface area (TPSA) is 134 Å². The van der Waals surface area contributed by atoms with E-state index >= 15 is 0 Å². The maximum absolute atomic E-state index is 13.1. The molecule has 0 saturated heterocycles. The Labute approximate surface area is 184 Å². The van der Waals surface area contributed by atoms with Crippen LogP contribution in [0.15, 0.2) is 33.2 Å². The maximum Gasteiger partial charge on any atom is 0.314 e. The molecular weight excluding hydrogens is 422 g/mol. The summed E-state index contributed by atoms with van der Waals surface area (Å²) in [7, 11) is 0. The molecule has 10 heteroatoms. The maximum atomic E-state index is 13.1. The van der Waals surface area contributed by atoms with E-state index in [1.54, 1.807) is 0 Å². The van der Waals surface area contributed by atoms with Crippen LogP contribution in [-0.4, -0.2) is 14.6 Å². The van der Waals surface area contributed by atoms with Gasteiger partial charge in [-0.05, 0) is 31.4 Å². The lowest BCUT2D eigenvalue weighted by Gasteiger charge is -2.18. The molecule has 2 aromatic rings. The summed E-state index contributed by atoms with van der Waals surface area (Å²) in [6.07, 6.45) is 3.72. The molecule has 0 bridgehead atoms. The summed E-state index contributed by atoms with van der Waals surface area (Å²) in [5.41, 5.74) is -0.855. The van der Waals surface area contributed by atoms with Gasteiger partial charge in [0.25, 0.3) is 11.2 Å². The van der Waals surface area contributed by atoms with Gasteiger partial charge < -0.3 is 5.11 Å². The highest BCUT2D eigenvalue weighted by molar-refractivity contribution is 6.30. The number of rotatable bonds is 9. The zero-order valence-corrected chi connectivity index (χ0v) is 18.4. The van der Waals surface area contributed by atoms with Crippen molar-refractivity contribution >= 4 is 28.7 Å². The van der Waals surface area contributed by atoms with Gasteiger partial charge in [0.05, 0.1) is 4.92 Å². The molecule has 1 aromatic heterocycles. The zero-order chi connectivity index (χ0) is 23.1. The van der Waals surface area contributed by atoms with Crippen LogP contribution in [0.25, 0.3) is 0 Å². The predicted octanol–water partition coefficient (Wildman–Crippen LogP) is 4.18. The number of aromatic nitrogens is 1. The molecule has 1 aromatic carbocycles. The van der Waals surface area contributed by atoms with Crippen molar-refractivity contribution in [3.8, 4) is 11.9 Å². The van der Waals surface area contributed by atoms with Crippen molar-refractivity contribution in [3.63, 3.8) is 0 Å². The van der Waals surface area contributed by atoms with E-state index in [0.29, 0.717) is 0 Å². The number of nitro groups is 1. The Balaban J connectivity index is 2.59. The van der Waals surface area contributed by atoms with Crippen molar-refractivity contribution in [2.45, 2.75) is 53.0 Å². The first kappa shape index (κ1) is 24.0. The molecule has 164 valence electrons. The number of hydrogen-bond acceptors (Lipinski definition) is 6. The van der Waals surface area contributed by atoms with Gasteiger partial charge in [-0.15, -0.1) is 10.2 Å². The number of nitrogens with zero attached hydrogens (tertiary/aromatic N) is 4. The summed E-state index contributed by atoms with van der Waals surface area (Å²) in [5.74, 6) is -0.184. The van der Waals surface area contributed by atoms with Gasteiger partial charge in [0.1, 0.15) is 0 Å². The lowest BCUT2D eigenvalue weighted by molar-refractivity contribution is -0.384. The molecule has 0 spiro atoms. The Morgan fingerprint density at radius 3 is 2.65 bits per heavy atom. The molecule has 0 aliphatic rings. The third kappa shape index (κ3) is 5.47. The molecule has 0 aliphatic carbocycles. The van der Waals surface area contributed by atoms with Gasteiger partial charge in [-0.25, -0.2) is 0 Å². The van der Waals surface area contributed by atoms with Gasteiger partial charge in [-0.3, -0.25) is 19.5 Å². The van der Waals surface area contributed by atoms with E-state index in [4.69, 9.17) is 16.9 Å². The number of hydrogen-bond donors (Lipinski definition) is 2. The van der Waals surface area contributed by atoms with Crippen molar-refractivity contribution in [3.05, 3.63) is 54.8 Å². The summed E-state index contributed by atoms with van der Waals surface area (Å²) in [5, 5.41) is 37.4. The van der Waals surface area contributed by atoms with E-state index in [2.05, 4.69) is 23.2 Å². The Bertz CT molecular complexity index is 1100. The SMILES string of the molecule is CCCCC(CC)Cn1c(O)c(C#[NH+])c(C)c(N=Nc2ccc(Cl)cc2[N+](=O)[O-])c1=O. The third-order valence-corrected chi connectivity index (χ3v) is 5.39. The lowest BCUT2D eigenvalue weighted by Crippen LogP contribution is -2.27. The summed E-state index contributed by atoms with van der Waals surface area (Å²) in [6.45, 7) is 5.88. The number of halogens is 1. The normalized spacial score (nSPS) is 12.1. The van der Waals surface area contributed by atoms with Gasteiger partial charge in [0, 0.05) is 23.2 Å². The minimum absolute atomic E-state index is 0.0319. The Morgan fingerprint density at radius 1 is 1.35 bits per heavy atom. The molecule has 2 rings (SSSR count). The number of pyridine rings is 1. The van der Waals surface area contributed by atoms with Crippen molar-refractivity contribution < 1.29 is 15.3 Å². The average molecular weight is 447 g/mol. The molecule has 0 aliphatic heterocycles. The summed E-state index contributed by atoms with van der Waals surface area (Å²) >= 11 is 5.82. The van der Waals surface area contributed by atoms with Crippen molar-refractivity contribution in [2.24, 2.45) is 16.1 Å². The van der Waals surface area contributed by atoms with Gasteiger partial charge in [-0.2, -0.15) is 0 Å². The molecule has 9 nitrogen and oxygen atoms in total. The van der Waals surface area contributed by atoms with E-state index in [-0.39, 0.29) is 51.6 Å². The van der Waals surface area contributed by atoms with E-state index in [0.717, 1.165) is 31.7 Å². The molecule has 1 heterocycles. The quantitative estimate of drug-likeness (QED) is 0.339. The van der Waals surface area contributed by atoms with Gasteiger partial charge in [-0.1, -0.05) is 50.0 Å². The van der Waals surface area contributed by atoms with Crippen LogP contribution in [-0.2, 0) is 6.54 Å². The number of nitrogens with one attached hydrogen (secondary N) is 1. The van der Waals surface area contributed by atoms with Crippen molar-refractivity contribution in [2.75, 3.05) is 0 Å². The molecular formula is C21H25ClN5O4+. The van der Waals surface area contributed by atoms with Crippen molar-refractivity contribution in [1.29, 1.82) is 0 Å². The Hall–Kier alpha value is -3.25.